The van der Waals surface area contributed by atoms with Crippen LogP contribution in [-0.4, -0.2) is 25.3 Å². The summed E-state index contributed by atoms with van der Waals surface area (Å²) in [5, 5.41) is 0.594. The molecule has 2 aromatic rings. The molecule has 1 atom stereocenters. The molecule has 0 saturated carbocycles. The van der Waals surface area contributed by atoms with E-state index >= 15 is 0 Å². The molecule has 0 aliphatic carbocycles. The summed E-state index contributed by atoms with van der Waals surface area (Å²) in [5.41, 5.74) is 4.31. The number of carbonyl (C=O) groups excluding carboxylic acids is 1. The molecule has 0 N–H and O–H groups in total. The molecule has 0 spiro atoms. The van der Waals surface area contributed by atoms with Crippen LogP contribution in [0, 0.1) is 5.41 Å². The Kier molecular flexibility index (Phi) is 17.3. The number of carbonyl (C=O) groups is 1. The number of dihydropyridines is 1. The molecule has 0 radical (unpaired) electrons. The molecule has 6 heteroatoms. The van der Waals surface area contributed by atoms with Crippen molar-refractivity contribution in [3.05, 3.63) is 70.3 Å². The minimum absolute atomic E-state index is 0. The number of benzene rings is 2. The van der Waals surface area contributed by atoms with Crippen molar-refractivity contribution < 1.29 is 9.53 Å². The summed E-state index contributed by atoms with van der Waals surface area (Å²) < 4.78 is 6.02. The van der Waals surface area contributed by atoms with Crippen molar-refractivity contribution in [3.63, 3.8) is 0 Å². The van der Waals surface area contributed by atoms with Gasteiger partial charge in [0.05, 0.1) is 18.2 Å². The molecule has 2 aromatic carbocycles. The van der Waals surface area contributed by atoms with Crippen LogP contribution < -0.4 is 9.64 Å². The van der Waals surface area contributed by atoms with Crippen molar-refractivity contribution in [1.29, 1.82) is 0 Å². The number of halogens is 2. The van der Waals surface area contributed by atoms with Crippen LogP contribution in [0.5, 0.6) is 5.75 Å². The number of aliphatic imine (C=N–C) groups is 1. The van der Waals surface area contributed by atoms with E-state index in [9.17, 15) is 4.79 Å². The summed E-state index contributed by atoms with van der Waals surface area (Å²) in [6.07, 6.45) is 20.7. The summed E-state index contributed by atoms with van der Waals surface area (Å²) in [5.74, 6) is 0.719. The van der Waals surface area contributed by atoms with Gasteiger partial charge in [-0.3, -0.25) is 9.79 Å². The lowest BCUT2D eigenvalue weighted by molar-refractivity contribution is -0.116. The molecule has 1 aliphatic heterocycles. The van der Waals surface area contributed by atoms with Crippen LogP contribution in [-0.2, 0) is 17.8 Å². The Morgan fingerprint density at radius 2 is 1.58 bits per heavy atom. The van der Waals surface area contributed by atoms with Crippen LogP contribution in [0.1, 0.15) is 116 Å². The molecular weight excluding hydrogens is 620 g/mol. The Labute approximate surface area is 277 Å². The van der Waals surface area contributed by atoms with E-state index in [0.29, 0.717) is 23.9 Å². The summed E-state index contributed by atoms with van der Waals surface area (Å²) >= 11 is 6.64. The third kappa shape index (κ3) is 12.4. The Balaban J connectivity index is 0.00000645. The van der Waals surface area contributed by atoms with Gasteiger partial charge < -0.3 is 9.64 Å². The standard InChI is InChI=1S/C37H53ClN2O2.BrH/c1-5-6-7-8-9-10-11-12-13-14-15-18-25-42-36-22-21-32(26-34(36)38)28-40(31(3)41)35-20-17-16-19-33(35)27-37(4)29-39-24-23-30(37)2;/h16-17,19-24,26H,5-15,18,25,27-29H2,1-4H3;1H. The van der Waals surface area contributed by atoms with Gasteiger partial charge in [-0.15, -0.1) is 17.0 Å². The van der Waals surface area contributed by atoms with Crippen LogP contribution in [0.3, 0.4) is 0 Å². The molecule has 3 rings (SSSR count). The molecule has 4 nitrogen and oxygen atoms in total. The van der Waals surface area contributed by atoms with E-state index in [1.54, 1.807) is 6.92 Å². The normalized spacial score (nSPS) is 16.0. The fourth-order valence-electron chi connectivity index (χ4n) is 5.72. The fourth-order valence-corrected chi connectivity index (χ4v) is 5.98. The quantitative estimate of drug-likeness (QED) is 0.139. The first kappa shape index (κ1) is 37.1. The van der Waals surface area contributed by atoms with Gasteiger partial charge in [-0.05, 0) is 55.2 Å². The van der Waals surface area contributed by atoms with Crippen molar-refractivity contribution in [2.45, 2.75) is 118 Å². The zero-order valence-corrected chi connectivity index (χ0v) is 29.5. The summed E-state index contributed by atoms with van der Waals surface area (Å²) in [6.45, 7) is 10.2. The number of para-hydroxylation sites is 1. The molecule has 238 valence electrons. The van der Waals surface area contributed by atoms with Crippen LogP contribution in [0.2, 0.25) is 5.02 Å². The lowest BCUT2D eigenvalue weighted by atomic mass is 9.76. The highest BCUT2D eigenvalue weighted by Gasteiger charge is 2.30. The number of allylic oxidation sites excluding steroid dienone is 1. The predicted molar refractivity (Wildman–Crippen MR) is 191 cm³/mol. The summed E-state index contributed by atoms with van der Waals surface area (Å²) in [4.78, 5) is 19.2. The third-order valence-electron chi connectivity index (χ3n) is 8.66. The second-order valence-electron chi connectivity index (χ2n) is 12.3. The van der Waals surface area contributed by atoms with E-state index in [1.807, 2.05) is 47.5 Å². The Morgan fingerprint density at radius 3 is 2.19 bits per heavy atom. The number of rotatable bonds is 19. The first-order chi connectivity index (χ1) is 20.3. The second-order valence-corrected chi connectivity index (χ2v) is 12.7. The fraction of sp³-hybridized carbons (Fsp3) is 0.568. The van der Waals surface area contributed by atoms with Gasteiger partial charge in [-0.25, -0.2) is 0 Å². The van der Waals surface area contributed by atoms with E-state index < -0.39 is 0 Å². The van der Waals surface area contributed by atoms with Crippen LogP contribution in [0.25, 0.3) is 0 Å². The topological polar surface area (TPSA) is 41.9 Å². The van der Waals surface area contributed by atoms with Gasteiger partial charge in [0.1, 0.15) is 5.75 Å². The molecule has 1 heterocycles. The molecule has 0 bridgehead atoms. The zero-order chi connectivity index (χ0) is 30.2. The minimum atomic E-state index is -0.0663. The minimum Gasteiger partial charge on any atom is -0.492 e. The maximum atomic E-state index is 12.9. The number of amides is 1. The molecule has 0 fully saturated rings. The number of unbranched alkanes of at least 4 members (excludes halogenated alkanes) is 11. The highest BCUT2D eigenvalue weighted by atomic mass is 79.9. The molecule has 1 aliphatic rings. The first-order valence-electron chi connectivity index (χ1n) is 16.3. The number of nitrogens with zero attached hydrogens (tertiary/aromatic N) is 2. The smallest absolute Gasteiger partial charge is 0.224 e. The van der Waals surface area contributed by atoms with Crippen molar-refractivity contribution in [2.75, 3.05) is 18.1 Å². The monoisotopic (exact) mass is 672 g/mol. The van der Waals surface area contributed by atoms with Crippen molar-refractivity contribution >= 4 is 46.4 Å². The lowest BCUT2D eigenvalue weighted by Gasteiger charge is -2.33. The Hall–Kier alpha value is -2.11. The van der Waals surface area contributed by atoms with E-state index in [2.05, 4.69) is 37.9 Å². The number of hydrogen-bond acceptors (Lipinski definition) is 3. The van der Waals surface area contributed by atoms with Crippen molar-refractivity contribution in [2.24, 2.45) is 10.4 Å². The number of ether oxygens (including phenoxy) is 1. The van der Waals surface area contributed by atoms with Gasteiger partial charge in [0.2, 0.25) is 5.91 Å². The molecule has 43 heavy (non-hydrogen) atoms. The second kappa shape index (κ2) is 20.0. The highest BCUT2D eigenvalue weighted by molar-refractivity contribution is 8.93. The maximum absolute atomic E-state index is 12.9. The highest BCUT2D eigenvalue weighted by Crippen LogP contribution is 2.37. The van der Waals surface area contributed by atoms with Gasteiger partial charge in [0.15, 0.2) is 0 Å². The van der Waals surface area contributed by atoms with Crippen molar-refractivity contribution in [1.82, 2.24) is 0 Å². The molecule has 0 aromatic heterocycles. The maximum Gasteiger partial charge on any atom is 0.224 e. The SMILES string of the molecule is Br.CCCCCCCCCCCCCCOc1ccc(CN(C(C)=O)c2ccccc2CC2(C)CN=CC=C2C)cc1Cl. The van der Waals surface area contributed by atoms with Gasteiger partial charge in [-0.2, -0.15) is 0 Å². The van der Waals surface area contributed by atoms with Gasteiger partial charge in [0.25, 0.3) is 0 Å². The van der Waals surface area contributed by atoms with E-state index in [0.717, 1.165) is 36.2 Å². The van der Waals surface area contributed by atoms with Gasteiger partial charge >= 0.3 is 0 Å². The van der Waals surface area contributed by atoms with E-state index in [-0.39, 0.29) is 28.3 Å². The number of hydrogen-bond donors (Lipinski definition) is 0. The van der Waals surface area contributed by atoms with Gasteiger partial charge in [-0.1, -0.05) is 126 Å². The van der Waals surface area contributed by atoms with Crippen LogP contribution in [0.4, 0.5) is 5.69 Å². The van der Waals surface area contributed by atoms with E-state index in [4.69, 9.17) is 16.3 Å². The average Bonchev–Trinajstić information content (AvgIpc) is 2.97. The largest absolute Gasteiger partial charge is 0.492 e. The Bertz CT molecular complexity index is 1180. The van der Waals surface area contributed by atoms with Crippen molar-refractivity contribution in [3.8, 4) is 5.75 Å². The molecular formula is C37H54BrClN2O2. The summed E-state index contributed by atoms with van der Waals surface area (Å²) in [6, 6.07) is 14.1. The molecule has 1 unspecified atom stereocenters. The van der Waals surface area contributed by atoms with Gasteiger partial charge in [0, 0.05) is 30.8 Å². The van der Waals surface area contributed by atoms with E-state index in [1.165, 1.54) is 76.2 Å². The first-order valence-corrected chi connectivity index (χ1v) is 16.7. The zero-order valence-electron chi connectivity index (χ0n) is 27.0. The molecule has 1 amide bonds. The molecule has 0 saturated heterocycles. The van der Waals surface area contributed by atoms with Crippen LogP contribution in [0.15, 0.2) is 59.1 Å². The third-order valence-corrected chi connectivity index (χ3v) is 8.95. The predicted octanol–water partition coefficient (Wildman–Crippen LogP) is 11.1. The Morgan fingerprint density at radius 1 is 0.953 bits per heavy atom. The number of anilines is 1. The van der Waals surface area contributed by atoms with Crippen LogP contribution >= 0.6 is 28.6 Å². The summed E-state index contributed by atoms with van der Waals surface area (Å²) in [7, 11) is 0. The lowest BCUT2D eigenvalue weighted by Crippen LogP contribution is -2.31. The average molecular weight is 674 g/mol.